The van der Waals surface area contributed by atoms with Gasteiger partial charge in [0.1, 0.15) is 6.61 Å². The number of rotatable bonds is 11. The Morgan fingerprint density at radius 1 is 1.18 bits per heavy atom. The van der Waals surface area contributed by atoms with Crippen LogP contribution in [0.4, 0.5) is 0 Å². The molecule has 0 atom stereocenters. The molecule has 0 spiro atoms. The van der Waals surface area contributed by atoms with E-state index in [9.17, 15) is 13.2 Å². The third-order valence-electron chi connectivity index (χ3n) is 5.70. The fraction of sp³-hybridized carbons (Fsp3) is 0.609. The zero-order valence-corrected chi connectivity index (χ0v) is 20.8. The first-order chi connectivity index (χ1) is 15.6. The van der Waals surface area contributed by atoms with Crippen LogP contribution in [0.2, 0.25) is 0 Å². The van der Waals surface area contributed by atoms with Gasteiger partial charge in [0.05, 0.1) is 30.8 Å². The number of aromatic nitrogens is 1. The van der Waals surface area contributed by atoms with Gasteiger partial charge in [0, 0.05) is 37.8 Å². The van der Waals surface area contributed by atoms with E-state index in [-0.39, 0.29) is 13.2 Å². The van der Waals surface area contributed by atoms with Crippen LogP contribution in [0.1, 0.15) is 19.4 Å². The SMILES string of the molecule is CN(C)CCc1cn(S(=O)(=O)OCC(C)(C)C(=O)OCCN2CCOCC2)c2ccccc12. The molecule has 0 N–H and O–H groups in total. The fourth-order valence-corrected chi connectivity index (χ4v) is 4.78. The number of ether oxygens (including phenoxy) is 2. The fourth-order valence-electron chi connectivity index (χ4n) is 3.57. The first kappa shape index (κ1) is 25.6. The quantitative estimate of drug-likeness (QED) is 0.449. The summed E-state index contributed by atoms with van der Waals surface area (Å²) in [5.41, 5.74) is 0.361. The Morgan fingerprint density at radius 3 is 2.58 bits per heavy atom. The van der Waals surface area contributed by atoms with Crippen molar-refractivity contribution >= 4 is 27.2 Å². The van der Waals surface area contributed by atoms with Crippen LogP contribution in [0, 0.1) is 5.41 Å². The molecule has 0 radical (unpaired) electrons. The molecule has 0 amide bonds. The van der Waals surface area contributed by atoms with Crippen LogP contribution < -0.4 is 0 Å². The summed E-state index contributed by atoms with van der Waals surface area (Å²) in [6.07, 6.45) is 2.31. The molecule has 184 valence electrons. The minimum absolute atomic E-state index is 0.243. The van der Waals surface area contributed by atoms with Gasteiger partial charge in [-0.2, -0.15) is 8.42 Å². The molecule has 9 nitrogen and oxygen atoms in total. The van der Waals surface area contributed by atoms with Crippen LogP contribution >= 0.6 is 0 Å². The molecular weight excluding hydrogens is 446 g/mol. The van der Waals surface area contributed by atoms with Crippen LogP contribution in [0.5, 0.6) is 0 Å². The number of hydrogen-bond acceptors (Lipinski definition) is 8. The number of esters is 1. The van der Waals surface area contributed by atoms with E-state index in [0.717, 1.165) is 34.6 Å². The number of fused-ring (bicyclic) bond motifs is 1. The molecule has 2 aromatic rings. The van der Waals surface area contributed by atoms with E-state index in [1.165, 1.54) is 0 Å². The molecule has 1 fully saturated rings. The maximum atomic E-state index is 13.0. The summed E-state index contributed by atoms with van der Waals surface area (Å²) in [4.78, 5) is 16.8. The Hall–Kier alpha value is -1.98. The highest BCUT2D eigenvalue weighted by molar-refractivity contribution is 7.85. The predicted octanol–water partition coefficient (Wildman–Crippen LogP) is 1.76. The van der Waals surface area contributed by atoms with Gasteiger partial charge in [0.2, 0.25) is 0 Å². The van der Waals surface area contributed by atoms with Crippen molar-refractivity contribution in [3.8, 4) is 0 Å². The second-order valence-electron chi connectivity index (χ2n) is 9.21. The van der Waals surface area contributed by atoms with Gasteiger partial charge in [0.15, 0.2) is 0 Å². The predicted molar refractivity (Wildman–Crippen MR) is 126 cm³/mol. The Labute approximate surface area is 196 Å². The maximum absolute atomic E-state index is 13.0. The van der Waals surface area contributed by atoms with E-state index in [0.29, 0.717) is 31.7 Å². The first-order valence-electron chi connectivity index (χ1n) is 11.2. The van der Waals surface area contributed by atoms with E-state index >= 15 is 0 Å². The van der Waals surface area contributed by atoms with Gasteiger partial charge in [-0.05, 0) is 46.0 Å². The number of benzene rings is 1. The number of morpholine rings is 1. The number of likely N-dealkylation sites (N-methyl/N-ethyl adjacent to an activating group) is 1. The number of carbonyl (C=O) groups is 1. The smallest absolute Gasteiger partial charge is 0.366 e. The van der Waals surface area contributed by atoms with Gasteiger partial charge in [-0.1, -0.05) is 18.2 Å². The van der Waals surface area contributed by atoms with Crippen molar-refractivity contribution in [3.63, 3.8) is 0 Å². The summed E-state index contributed by atoms with van der Waals surface area (Å²) < 4.78 is 43.3. The zero-order chi connectivity index (χ0) is 24.1. The molecule has 1 aromatic carbocycles. The second kappa shape index (κ2) is 11.0. The van der Waals surface area contributed by atoms with Crippen LogP contribution in [0.15, 0.2) is 30.5 Å². The molecule has 3 rings (SSSR count). The second-order valence-corrected chi connectivity index (χ2v) is 10.7. The third kappa shape index (κ3) is 6.77. The molecule has 1 aromatic heterocycles. The van der Waals surface area contributed by atoms with E-state index in [1.807, 2.05) is 31.1 Å². The Balaban J connectivity index is 1.63. The standard InChI is InChI=1S/C23H35N3O6S/c1-23(2,22(27)31-16-13-25-11-14-30-15-12-25)18-32-33(28,29)26-17-19(9-10-24(3)4)20-7-5-6-8-21(20)26/h5-8,17H,9-16,18H2,1-4H3. The molecule has 1 aliphatic rings. The van der Waals surface area contributed by atoms with Crippen molar-refractivity contribution in [2.45, 2.75) is 20.3 Å². The average molecular weight is 482 g/mol. The van der Waals surface area contributed by atoms with Gasteiger partial charge in [-0.3, -0.25) is 13.9 Å². The summed E-state index contributed by atoms with van der Waals surface area (Å²) in [5.74, 6) is -0.491. The van der Waals surface area contributed by atoms with E-state index in [4.69, 9.17) is 13.7 Å². The number of para-hydroxylation sites is 1. The number of carbonyl (C=O) groups excluding carboxylic acids is 1. The lowest BCUT2D eigenvalue weighted by Crippen LogP contribution is -2.40. The van der Waals surface area contributed by atoms with Crippen molar-refractivity contribution in [2.75, 3.05) is 66.7 Å². The van der Waals surface area contributed by atoms with Crippen molar-refractivity contribution in [1.82, 2.24) is 13.8 Å². The minimum Gasteiger partial charge on any atom is -0.464 e. The average Bonchev–Trinajstić information content (AvgIpc) is 3.17. The van der Waals surface area contributed by atoms with Gasteiger partial charge >= 0.3 is 16.3 Å². The lowest BCUT2D eigenvalue weighted by Gasteiger charge is -2.27. The highest BCUT2D eigenvalue weighted by atomic mass is 32.2. The van der Waals surface area contributed by atoms with Crippen LogP contribution in [0.25, 0.3) is 10.9 Å². The Kier molecular flexibility index (Phi) is 8.52. The summed E-state index contributed by atoms with van der Waals surface area (Å²) in [6.45, 7) is 7.55. The lowest BCUT2D eigenvalue weighted by atomic mass is 9.95. The normalized spacial score (nSPS) is 15.9. The van der Waals surface area contributed by atoms with Gasteiger partial charge < -0.3 is 14.4 Å². The first-order valence-corrected chi connectivity index (χ1v) is 12.6. The third-order valence-corrected chi connectivity index (χ3v) is 6.90. The summed E-state index contributed by atoms with van der Waals surface area (Å²) in [7, 11) is -0.189. The molecule has 0 aliphatic carbocycles. The van der Waals surface area contributed by atoms with Gasteiger partial charge in [-0.25, -0.2) is 3.97 Å². The lowest BCUT2D eigenvalue weighted by molar-refractivity contribution is -0.156. The van der Waals surface area contributed by atoms with Gasteiger partial charge in [0.25, 0.3) is 0 Å². The molecular formula is C23H35N3O6S. The molecule has 0 unspecified atom stereocenters. The molecule has 2 heterocycles. The summed E-state index contributed by atoms with van der Waals surface area (Å²) in [6, 6.07) is 7.33. The number of hydrogen-bond donors (Lipinski definition) is 0. The molecule has 10 heteroatoms. The molecule has 0 saturated carbocycles. The van der Waals surface area contributed by atoms with Crippen LogP contribution in [0.3, 0.4) is 0 Å². The minimum atomic E-state index is -4.14. The monoisotopic (exact) mass is 481 g/mol. The molecule has 33 heavy (non-hydrogen) atoms. The van der Waals surface area contributed by atoms with E-state index in [1.54, 1.807) is 32.2 Å². The number of nitrogens with zero attached hydrogens (tertiary/aromatic N) is 3. The van der Waals surface area contributed by atoms with E-state index in [2.05, 4.69) is 4.90 Å². The van der Waals surface area contributed by atoms with Crippen molar-refractivity contribution in [1.29, 1.82) is 0 Å². The topological polar surface area (TPSA) is 90.3 Å². The highest BCUT2D eigenvalue weighted by Gasteiger charge is 2.33. The largest absolute Gasteiger partial charge is 0.464 e. The van der Waals surface area contributed by atoms with Crippen molar-refractivity contribution < 1.29 is 26.9 Å². The maximum Gasteiger partial charge on any atom is 0.366 e. The van der Waals surface area contributed by atoms with E-state index < -0.39 is 21.7 Å². The Bertz CT molecular complexity index is 1040. The Morgan fingerprint density at radius 2 is 1.88 bits per heavy atom. The van der Waals surface area contributed by atoms with Gasteiger partial charge in [-0.15, -0.1) is 0 Å². The summed E-state index contributed by atoms with van der Waals surface area (Å²) >= 11 is 0. The van der Waals surface area contributed by atoms with Crippen molar-refractivity contribution in [2.24, 2.45) is 5.41 Å². The van der Waals surface area contributed by atoms with Crippen LogP contribution in [-0.2, 0) is 35.2 Å². The van der Waals surface area contributed by atoms with Crippen molar-refractivity contribution in [3.05, 3.63) is 36.0 Å². The molecule has 1 aliphatic heterocycles. The van der Waals surface area contributed by atoms with Crippen LogP contribution in [-0.4, -0.2) is 94.9 Å². The molecule has 1 saturated heterocycles. The molecule has 0 bridgehead atoms. The zero-order valence-electron chi connectivity index (χ0n) is 20.0. The summed E-state index contributed by atoms with van der Waals surface area (Å²) in [5, 5.41) is 0.869. The highest BCUT2D eigenvalue weighted by Crippen LogP contribution is 2.26.